The van der Waals surface area contributed by atoms with Crippen LogP contribution in [0.25, 0.3) is 0 Å². The van der Waals surface area contributed by atoms with Crippen LogP contribution < -0.4 is 0 Å². The molecule has 0 radical (unpaired) electrons. The van der Waals surface area contributed by atoms with Gasteiger partial charge in [-0.05, 0) is 46.2 Å². The third kappa shape index (κ3) is 4.04. The van der Waals surface area contributed by atoms with E-state index in [4.69, 9.17) is 13.9 Å². The van der Waals surface area contributed by atoms with Gasteiger partial charge in [0.15, 0.2) is 7.83 Å². The minimum absolute atomic E-state index is 0.108. The molecule has 2 saturated heterocycles. The Morgan fingerprint density at radius 3 is 2.32 bits per heavy atom. The van der Waals surface area contributed by atoms with Crippen LogP contribution in [0.15, 0.2) is 0 Å². The molecular formula is C17H36O3Si2. The van der Waals surface area contributed by atoms with E-state index < -0.39 is 15.4 Å². The summed E-state index contributed by atoms with van der Waals surface area (Å²) in [7, 11) is -2.76. The van der Waals surface area contributed by atoms with Crippen LogP contribution >= 0.6 is 0 Å². The fraction of sp³-hybridized carbons (Fsp3) is 1.00. The first-order valence-electron chi connectivity index (χ1n) is 8.99. The van der Waals surface area contributed by atoms with E-state index in [0.29, 0.717) is 5.41 Å². The number of hydrogen-bond acceptors (Lipinski definition) is 3. The van der Waals surface area contributed by atoms with E-state index in [1.807, 2.05) is 0 Å². The summed E-state index contributed by atoms with van der Waals surface area (Å²) < 4.78 is 17.9. The van der Waals surface area contributed by atoms with Gasteiger partial charge in [0.2, 0.25) is 0 Å². The van der Waals surface area contributed by atoms with Crippen molar-refractivity contribution >= 4 is 15.4 Å². The van der Waals surface area contributed by atoms with Crippen molar-refractivity contribution in [1.82, 2.24) is 0 Å². The van der Waals surface area contributed by atoms with Crippen molar-refractivity contribution in [3.05, 3.63) is 0 Å². The largest absolute Gasteiger partial charge is 0.415 e. The highest BCUT2D eigenvalue weighted by Crippen LogP contribution is 2.41. The maximum Gasteiger partial charge on any atom is 0.174 e. The van der Waals surface area contributed by atoms with E-state index in [-0.39, 0.29) is 5.60 Å². The summed E-state index contributed by atoms with van der Waals surface area (Å²) in [6.07, 6.45) is 3.62. The highest BCUT2D eigenvalue weighted by Gasteiger charge is 2.52. The first kappa shape index (κ1) is 18.6. The molecule has 5 heteroatoms. The highest BCUT2D eigenvalue weighted by molar-refractivity contribution is 7.38. The SMILES string of the molecule is CCC1(COCCC[Si]2(C)CCC(C)(C)O[Si]2(C)C)COC1. The van der Waals surface area contributed by atoms with Crippen molar-refractivity contribution in [2.45, 2.75) is 77.4 Å². The molecule has 1 atom stereocenters. The van der Waals surface area contributed by atoms with Gasteiger partial charge in [0.1, 0.15) is 0 Å². The second kappa shape index (κ2) is 6.67. The van der Waals surface area contributed by atoms with Crippen molar-refractivity contribution in [1.29, 1.82) is 0 Å². The van der Waals surface area contributed by atoms with Crippen molar-refractivity contribution in [2.75, 3.05) is 26.4 Å². The molecule has 0 bridgehead atoms. The molecule has 0 aromatic heterocycles. The van der Waals surface area contributed by atoms with Gasteiger partial charge in [-0.25, -0.2) is 0 Å². The van der Waals surface area contributed by atoms with E-state index in [9.17, 15) is 0 Å². The van der Waals surface area contributed by atoms with Crippen molar-refractivity contribution < 1.29 is 13.9 Å². The number of hydrogen-bond donors (Lipinski definition) is 0. The van der Waals surface area contributed by atoms with Crippen LogP contribution in [0.4, 0.5) is 0 Å². The molecule has 0 N–H and O–H groups in total. The lowest BCUT2D eigenvalue weighted by Crippen LogP contribution is -2.65. The second-order valence-electron chi connectivity index (χ2n) is 8.94. The quantitative estimate of drug-likeness (QED) is 0.507. The van der Waals surface area contributed by atoms with Crippen LogP contribution in [0.5, 0.6) is 0 Å². The molecule has 2 fully saturated rings. The Labute approximate surface area is 139 Å². The molecule has 1 unspecified atom stereocenters. The third-order valence-corrected chi connectivity index (χ3v) is 23.6. The molecule has 0 saturated carbocycles. The second-order valence-corrected chi connectivity index (χ2v) is 23.5. The highest BCUT2D eigenvalue weighted by atomic mass is 29.3. The summed E-state index contributed by atoms with van der Waals surface area (Å²) in [6.45, 7) is 17.9. The predicted octanol–water partition coefficient (Wildman–Crippen LogP) is 4.38. The Morgan fingerprint density at radius 1 is 1.14 bits per heavy atom. The molecule has 0 aromatic carbocycles. The van der Waals surface area contributed by atoms with E-state index in [0.717, 1.165) is 26.4 Å². The Bertz CT molecular complexity index is 375. The Balaban J connectivity index is 1.74. The fourth-order valence-corrected chi connectivity index (χ4v) is 15.2. The molecule has 0 aliphatic carbocycles. The number of ether oxygens (including phenoxy) is 2. The monoisotopic (exact) mass is 344 g/mol. The molecule has 0 aromatic rings. The van der Waals surface area contributed by atoms with Crippen LogP contribution in [0.1, 0.15) is 40.0 Å². The van der Waals surface area contributed by atoms with Gasteiger partial charge in [-0.3, -0.25) is 0 Å². The zero-order valence-corrected chi connectivity index (χ0v) is 17.6. The normalized spacial score (nSPS) is 32.5. The predicted molar refractivity (Wildman–Crippen MR) is 97.5 cm³/mol. The third-order valence-electron chi connectivity index (χ3n) is 6.26. The summed E-state index contributed by atoms with van der Waals surface area (Å²) in [4.78, 5) is 0. The summed E-state index contributed by atoms with van der Waals surface area (Å²) in [5, 5.41) is 0. The lowest BCUT2D eigenvalue weighted by atomic mass is 9.84. The van der Waals surface area contributed by atoms with Gasteiger partial charge >= 0.3 is 0 Å². The van der Waals surface area contributed by atoms with Crippen molar-refractivity contribution in [3.63, 3.8) is 0 Å². The van der Waals surface area contributed by atoms with E-state index >= 15 is 0 Å². The lowest BCUT2D eigenvalue weighted by Gasteiger charge is -2.51. The Kier molecular flexibility index (Phi) is 5.65. The first-order chi connectivity index (χ1) is 10.1. The Morgan fingerprint density at radius 2 is 1.82 bits per heavy atom. The zero-order valence-electron chi connectivity index (χ0n) is 15.6. The molecule has 2 rings (SSSR count). The molecule has 3 nitrogen and oxygen atoms in total. The van der Waals surface area contributed by atoms with Gasteiger partial charge < -0.3 is 13.9 Å². The molecule has 0 amide bonds. The van der Waals surface area contributed by atoms with Crippen LogP contribution in [-0.4, -0.2) is 47.5 Å². The van der Waals surface area contributed by atoms with Crippen molar-refractivity contribution in [2.24, 2.45) is 5.41 Å². The van der Waals surface area contributed by atoms with Gasteiger partial charge in [-0.2, -0.15) is 0 Å². The zero-order chi connectivity index (χ0) is 16.5. The van der Waals surface area contributed by atoms with Crippen molar-refractivity contribution in [3.8, 4) is 0 Å². The van der Waals surface area contributed by atoms with Crippen LogP contribution in [0, 0.1) is 5.41 Å². The standard InChI is InChI=1S/C17H36O3Si2/c1-7-17(14-19-15-17)13-18-10-8-11-22(6)12-9-16(2,3)20-21(22,4)5/h7-15H2,1-6H3. The van der Waals surface area contributed by atoms with Crippen LogP contribution in [-0.2, 0) is 13.9 Å². The molecule has 130 valence electrons. The minimum Gasteiger partial charge on any atom is -0.415 e. The molecule has 2 aliphatic rings. The lowest BCUT2D eigenvalue weighted by molar-refractivity contribution is -0.150. The van der Waals surface area contributed by atoms with E-state index in [1.165, 1.54) is 31.4 Å². The van der Waals surface area contributed by atoms with Crippen LogP contribution in [0.3, 0.4) is 0 Å². The van der Waals surface area contributed by atoms with E-state index in [1.54, 1.807) is 0 Å². The molecule has 2 aliphatic heterocycles. The average Bonchev–Trinajstić information content (AvgIpc) is 2.36. The van der Waals surface area contributed by atoms with Gasteiger partial charge in [0, 0.05) is 12.0 Å². The average molecular weight is 345 g/mol. The van der Waals surface area contributed by atoms with Gasteiger partial charge in [0.25, 0.3) is 0 Å². The molecule has 2 heterocycles. The molecule has 0 spiro atoms. The maximum atomic E-state index is 6.58. The summed E-state index contributed by atoms with van der Waals surface area (Å²) in [5.41, 5.74) is 0.434. The summed E-state index contributed by atoms with van der Waals surface area (Å²) in [5.74, 6) is 0. The van der Waals surface area contributed by atoms with Crippen LogP contribution in [0.2, 0.25) is 31.7 Å². The molecular weight excluding hydrogens is 308 g/mol. The summed E-state index contributed by atoms with van der Waals surface area (Å²) >= 11 is 0. The number of rotatable bonds is 7. The van der Waals surface area contributed by atoms with Gasteiger partial charge in [-0.1, -0.05) is 25.6 Å². The minimum atomic E-state index is -1.52. The van der Waals surface area contributed by atoms with E-state index in [2.05, 4.69) is 40.4 Å². The van der Waals surface area contributed by atoms with Gasteiger partial charge in [-0.15, -0.1) is 0 Å². The fourth-order valence-electron chi connectivity index (χ4n) is 3.80. The molecule has 22 heavy (non-hydrogen) atoms. The van der Waals surface area contributed by atoms with Gasteiger partial charge in [0.05, 0.1) is 33.0 Å². The first-order valence-corrected chi connectivity index (χ1v) is 15.8. The smallest absolute Gasteiger partial charge is 0.174 e. The Hall–Kier alpha value is 0.314. The summed E-state index contributed by atoms with van der Waals surface area (Å²) in [6, 6.07) is 2.81. The maximum absolute atomic E-state index is 6.58. The topological polar surface area (TPSA) is 27.7 Å².